The molecule has 0 amide bonds. The molecule has 3 fully saturated rings. The van der Waals surface area contributed by atoms with E-state index in [0.717, 1.165) is 30.7 Å². The van der Waals surface area contributed by atoms with Crippen LogP contribution in [0.25, 0.3) is 0 Å². The molecule has 1 atom stereocenters. The summed E-state index contributed by atoms with van der Waals surface area (Å²) in [6, 6.07) is 0. The molecule has 4 rings (SSSR count). The van der Waals surface area contributed by atoms with Crippen LogP contribution in [0.5, 0.6) is 0 Å². The molecule has 1 aromatic heterocycles. The van der Waals surface area contributed by atoms with E-state index in [0.29, 0.717) is 22.8 Å². The summed E-state index contributed by atoms with van der Waals surface area (Å²) in [4.78, 5) is 12.2. The Kier molecular flexibility index (Phi) is 2.69. The topological polar surface area (TPSA) is 52.3 Å². The summed E-state index contributed by atoms with van der Waals surface area (Å²) in [5.74, 6) is 1.32. The van der Waals surface area contributed by atoms with Gasteiger partial charge in [-0.2, -0.15) is 0 Å². The maximum Gasteiger partial charge on any atom is 0.343 e. The van der Waals surface area contributed by atoms with Gasteiger partial charge in [-0.05, 0) is 43.9 Å². The molecule has 3 aliphatic rings. The fourth-order valence-corrected chi connectivity index (χ4v) is 3.98. The summed E-state index contributed by atoms with van der Waals surface area (Å²) in [6.07, 6.45) is 9.75. The molecule has 1 spiro atoms. The van der Waals surface area contributed by atoms with Crippen LogP contribution in [0.4, 0.5) is 0 Å². The fraction of sp³-hybridized carbons (Fsp3) is 0.750. The highest BCUT2D eigenvalue weighted by Gasteiger charge is 2.53. The first-order valence-corrected chi connectivity index (χ1v) is 7.83. The van der Waals surface area contributed by atoms with Gasteiger partial charge in [-0.3, -0.25) is 0 Å². The lowest BCUT2D eigenvalue weighted by Crippen LogP contribution is -2.21. The smallest absolute Gasteiger partial charge is 0.343 e. The van der Waals surface area contributed by atoms with E-state index in [9.17, 15) is 4.79 Å². The van der Waals surface area contributed by atoms with Crippen molar-refractivity contribution in [3.8, 4) is 0 Å². The van der Waals surface area contributed by atoms with Crippen LogP contribution in [0.15, 0.2) is 4.52 Å². The van der Waals surface area contributed by atoms with Crippen molar-refractivity contribution in [2.45, 2.75) is 63.2 Å². The number of hydrogen-bond donors (Lipinski definition) is 0. The van der Waals surface area contributed by atoms with Gasteiger partial charge in [0.2, 0.25) is 0 Å². The largest absolute Gasteiger partial charge is 0.465 e. The Labute approximate surface area is 118 Å². The second kappa shape index (κ2) is 4.34. The average molecular weight is 275 g/mol. The fourth-order valence-electron chi connectivity index (χ4n) is 3.98. The molecule has 1 unspecified atom stereocenters. The van der Waals surface area contributed by atoms with Crippen LogP contribution in [0, 0.1) is 5.41 Å². The van der Waals surface area contributed by atoms with Crippen molar-refractivity contribution in [1.82, 2.24) is 5.16 Å². The van der Waals surface area contributed by atoms with E-state index < -0.39 is 0 Å². The van der Waals surface area contributed by atoms with Gasteiger partial charge in [0.25, 0.3) is 0 Å². The zero-order chi connectivity index (χ0) is 13.7. The molecule has 3 saturated carbocycles. The Morgan fingerprint density at radius 1 is 1.25 bits per heavy atom. The molecule has 0 saturated heterocycles. The number of rotatable bonds is 3. The summed E-state index contributed by atoms with van der Waals surface area (Å²) in [5, 5.41) is 4.33. The number of hydrogen-bond acceptors (Lipinski definition) is 4. The summed E-state index contributed by atoms with van der Waals surface area (Å²) < 4.78 is 10.6. The quantitative estimate of drug-likeness (QED) is 0.788. The molecule has 4 heteroatoms. The average Bonchev–Trinajstić information content (AvgIpc) is 3.39. The van der Waals surface area contributed by atoms with Gasteiger partial charge in [0.05, 0.1) is 7.11 Å². The van der Waals surface area contributed by atoms with Crippen molar-refractivity contribution in [2.75, 3.05) is 7.11 Å². The lowest BCUT2D eigenvalue weighted by molar-refractivity contribution is 0.0595. The number of ether oxygens (including phenoxy) is 1. The van der Waals surface area contributed by atoms with Crippen LogP contribution < -0.4 is 0 Å². The lowest BCUT2D eigenvalue weighted by atomic mass is 9.73. The molecule has 0 aromatic carbocycles. The SMILES string of the molecule is COC(=O)c1c(C2CCCCC23CC3)noc1C1CC1. The van der Waals surface area contributed by atoms with Crippen LogP contribution in [0.1, 0.15) is 85.0 Å². The van der Waals surface area contributed by atoms with Gasteiger partial charge < -0.3 is 9.26 Å². The Balaban J connectivity index is 1.75. The van der Waals surface area contributed by atoms with Crippen molar-refractivity contribution < 1.29 is 14.1 Å². The summed E-state index contributed by atoms with van der Waals surface area (Å²) in [7, 11) is 1.45. The first-order chi connectivity index (χ1) is 9.75. The molecule has 108 valence electrons. The lowest BCUT2D eigenvalue weighted by Gasteiger charge is -2.30. The number of methoxy groups -OCH3 is 1. The predicted octanol–water partition coefficient (Wildman–Crippen LogP) is 3.78. The van der Waals surface area contributed by atoms with Gasteiger partial charge in [-0.15, -0.1) is 0 Å². The first kappa shape index (κ1) is 12.4. The van der Waals surface area contributed by atoms with Crippen LogP contribution in [-0.2, 0) is 4.74 Å². The normalized spacial score (nSPS) is 27.6. The van der Waals surface area contributed by atoms with Crippen molar-refractivity contribution in [2.24, 2.45) is 5.41 Å². The highest BCUT2D eigenvalue weighted by atomic mass is 16.5. The molecule has 1 aromatic rings. The van der Waals surface area contributed by atoms with Gasteiger partial charge >= 0.3 is 5.97 Å². The number of nitrogens with zero attached hydrogens (tertiary/aromatic N) is 1. The molecule has 1 heterocycles. The highest BCUT2D eigenvalue weighted by Crippen LogP contribution is 2.63. The van der Waals surface area contributed by atoms with E-state index in [2.05, 4.69) is 5.16 Å². The third-order valence-corrected chi connectivity index (χ3v) is 5.46. The van der Waals surface area contributed by atoms with E-state index in [-0.39, 0.29) is 5.97 Å². The van der Waals surface area contributed by atoms with Gasteiger partial charge in [0.15, 0.2) is 5.76 Å². The van der Waals surface area contributed by atoms with E-state index in [1.165, 1.54) is 39.2 Å². The van der Waals surface area contributed by atoms with Gasteiger partial charge in [-0.1, -0.05) is 18.0 Å². The Morgan fingerprint density at radius 3 is 2.70 bits per heavy atom. The molecule has 0 aliphatic heterocycles. The summed E-state index contributed by atoms with van der Waals surface area (Å²) in [6.45, 7) is 0. The second-order valence-corrected chi connectivity index (χ2v) is 6.73. The van der Waals surface area contributed by atoms with Crippen LogP contribution in [0.2, 0.25) is 0 Å². The summed E-state index contributed by atoms with van der Waals surface area (Å²) >= 11 is 0. The zero-order valence-corrected chi connectivity index (χ0v) is 12.0. The van der Waals surface area contributed by atoms with Crippen LogP contribution in [-0.4, -0.2) is 18.2 Å². The van der Waals surface area contributed by atoms with Gasteiger partial charge in [-0.25, -0.2) is 4.79 Å². The van der Waals surface area contributed by atoms with Crippen molar-refractivity contribution in [3.05, 3.63) is 17.0 Å². The van der Waals surface area contributed by atoms with Crippen molar-refractivity contribution in [1.29, 1.82) is 0 Å². The van der Waals surface area contributed by atoms with E-state index >= 15 is 0 Å². The minimum Gasteiger partial charge on any atom is -0.465 e. The first-order valence-electron chi connectivity index (χ1n) is 7.83. The van der Waals surface area contributed by atoms with Crippen LogP contribution >= 0.6 is 0 Å². The molecule has 4 nitrogen and oxygen atoms in total. The highest BCUT2D eigenvalue weighted by molar-refractivity contribution is 5.92. The maximum absolute atomic E-state index is 12.2. The number of esters is 1. The monoisotopic (exact) mass is 275 g/mol. The van der Waals surface area contributed by atoms with Crippen molar-refractivity contribution >= 4 is 5.97 Å². The minimum absolute atomic E-state index is 0.260. The third-order valence-electron chi connectivity index (χ3n) is 5.46. The van der Waals surface area contributed by atoms with Gasteiger partial charge in [0, 0.05) is 11.8 Å². The van der Waals surface area contributed by atoms with E-state index in [4.69, 9.17) is 9.26 Å². The Morgan fingerprint density at radius 2 is 2.05 bits per heavy atom. The van der Waals surface area contributed by atoms with E-state index in [1.807, 2.05) is 0 Å². The molecular formula is C16H21NO3. The molecular weight excluding hydrogens is 254 g/mol. The molecule has 0 bridgehead atoms. The number of carbonyl (C=O) groups is 1. The summed E-state index contributed by atoms with van der Waals surface area (Å²) in [5.41, 5.74) is 1.97. The standard InChI is InChI=1S/C16H21NO3/c1-19-15(18)12-13(17-20-14(12)10-5-6-10)11-4-2-3-7-16(11)8-9-16/h10-11H,2-9H2,1H3. The zero-order valence-electron chi connectivity index (χ0n) is 12.0. The molecule has 20 heavy (non-hydrogen) atoms. The third kappa shape index (κ3) is 1.80. The number of carbonyl (C=O) groups excluding carboxylic acids is 1. The van der Waals surface area contributed by atoms with Crippen molar-refractivity contribution in [3.63, 3.8) is 0 Å². The van der Waals surface area contributed by atoms with E-state index in [1.54, 1.807) is 0 Å². The molecule has 3 aliphatic carbocycles. The van der Waals surface area contributed by atoms with Crippen LogP contribution in [0.3, 0.4) is 0 Å². The predicted molar refractivity (Wildman–Crippen MR) is 72.7 cm³/mol. The minimum atomic E-state index is -0.260. The molecule has 0 radical (unpaired) electrons. The maximum atomic E-state index is 12.2. The number of aromatic nitrogens is 1. The second-order valence-electron chi connectivity index (χ2n) is 6.73. The Hall–Kier alpha value is -1.32. The Bertz CT molecular complexity index is 540. The van der Waals surface area contributed by atoms with Gasteiger partial charge in [0.1, 0.15) is 11.3 Å². The molecule has 0 N–H and O–H groups in total.